The van der Waals surface area contributed by atoms with Crippen molar-refractivity contribution >= 4 is 45.6 Å². The molecular formula is C18H17Cl2N3OS. The molecule has 3 rings (SSSR count). The highest BCUT2D eigenvalue weighted by molar-refractivity contribution is 7.19. The number of anilines is 1. The molecular weight excluding hydrogens is 377 g/mol. The number of benzene rings is 1. The lowest BCUT2D eigenvalue weighted by Crippen LogP contribution is -2.17. The van der Waals surface area contributed by atoms with E-state index in [2.05, 4.69) is 24.1 Å². The van der Waals surface area contributed by atoms with Gasteiger partial charge in [-0.1, -0.05) is 60.5 Å². The third-order valence-electron chi connectivity index (χ3n) is 3.78. The average molecular weight is 394 g/mol. The van der Waals surface area contributed by atoms with Gasteiger partial charge in [-0.15, -0.1) is 0 Å². The number of aromatic nitrogens is 2. The Hall–Kier alpha value is -1.82. The molecule has 2 aromatic heterocycles. The SMILES string of the molecule is CC(C)c1cc(C(=O)Nc2ncc(Cl)s2)n(Cc2ccc(Cl)cc2)c1. The minimum Gasteiger partial charge on any atom is -0.339 e. The summed E-state index contributed by atoms with van der Waals surface area (Å²) in [5.41, 5.74) is 2.77. The normalized spacial score (nSPS) is 11.1. The molecule has 0 aliphatic heterocycles. The standard InChI is InChI=1S/C18H17Cl2N3OS/c1-11(2)13-7-15(17(24)22-18-21-8-16(20)25-18)23(10-13)9-12-3-5-14(19)6-4-12/h3-8,10-11H,9H2,1-2H3,(H,21,22,24). The van der Waals surface area contributed by atoms with Gasteiger partial charge < -0.3 is 4.57 Å². The zero-order chi connectivity index (χ0) is 18.0. The topological polar surface area (TPSA) is 46.9 Å². The molecule has 7 heteroatoms. The van der Waals surface area contributed by atoms with Gasteiger partial charge in [0, 0.05) is 17.8 Å². The highest BCUT2D eigenvalue weighted by Gasteiger charge is 2.17. The van der Waals surface area contributed by atoms with Crippen LogP contribution in [0.4, 0.5) is 5.13 Å². The van der Waals surface area contributed by atoms with E-state index in [4.69, 9.17) is 23.2 Å². The lowest BCUT2D eigenvalue weighted by molar-refractivity contribution is 0.101. The zero-order valence-electron chi connectivity index (χ0n) is 13.8. The quantitative estimate of drug-likeness (QED) is 0.606. The number of halogens is 2. The van der Waals surface area contributed by atoms with Crippen LogP contribution in [0.5, 0.6) is 0 Å². The molecule has 1 amide bonds. The summed E-state index contributed by atoms with van der Waals surface area (Å²) in [5.74, 6) is 0.124. The van der Waals surface area contributed by atoms with E-state index in [1.165, 1.54) is 17.5 Å². The molecule has 0 aliphatic rings. The van der Waals surface area contributed by atoms with Gasteiger partial charge >= 0.3 is 0 Å². The summed E-state index contributed by atoms with van der Waals surface area (Å²) in [5, 5.41) is 3.99. The predicted octanol–water partition coefficient (Wildman–Crippen LogP) is 5.68. The minimum atomic E-state index is -0.202. The predicted molar refractivity (Wildman–Crippen MR) is 104 cm³/mol. The fraction of sp³-hybridized carbons (Fsp3) is 0.222. The van der Waals surface area contributed by atoms with Crippen LogP contribution in [0.1, 0.15) is 41.4 Å². The van der Waals surface area contributed by atoms with Crippen molar-refractivity contribution < 1.29 is 4.79 Å². The lowest BCUT2D eigenvalue weighted by Gasteiger charge is -2.09. The van der Waals surface area contributed by atoms with Gasteiger partial charge in [0.15, 0.2) is 5.13 Å². The largest absolute Gasteiger partial charge is 0.339 e. The van der Waals surface area contributed by atoms with Crippen LogP contribution in [0.15, 0.2) is 42.7 Å². The van der Waals surface area contributed by atoms with Gasteiger partial charge in [-0.25, -0.2) is 4.98 Å². The Morgan fingerprint density at radius 3 is 2.60 bits per heavy atom. The summed E-state index contributed by atoms with van der Waals surface area (Å²) in [6, 6.07) is 9.53. The van der Waals surface area contributed by atoms with Crippen molar-refractivity contribution in [2.75, 3.05) is 5.32 Å². The van der Waals surface area contributed by atoms with E-state index in [9.17, 15) is 4.79 Å². The highest BCUT2D eigenvalue weighted by Crippen LogP contribution is 2.24. The van der Waals surface area contributed by atoms with E-state index in [0.717, 1.165) is 11.1 Å². The van der Waals surface area contributed by atoms with Crippen molar-refractivity contribution in [1.82, 2.24) is 9.55 Å². The number of nitrogens with one attached hydrogen (secondary N) is 1. The Labute approximate surface area is 160 Å². The Balaban J connectivity index is 1.88. The van der Waals surface area contributed by atoms with E-state index < -0.39 is 0 Å². The number of rotatable bonds is 5. The van der Waals surface area contributed by atoms with Crippen molar-refractivity contribution in [3.63, 3.8) is 0 Å². The van der Waals surface area contributed by atoms with Gasteiger partial charge in [-0.3, -0.25) is 10.1 Å². The first-order valence-corrected chi connectivity index (χ1v) is 9.37. The fourth-order valence-corrected chi connectivity index (χ4v) is 3.36. The highest BCUT2D eigenvalue weighted by atomic mass is 35.5. The number of hydrogen-bond donors (Lipinski definition) is 1. The van der Waals surface area contributed by atoms with Crippen molar-refractivity contribution in [3.05, 3.63) is 68.9 Å². The summed E-state index contributed by atoms with van der Waals surface area (Å²) >= 11 is 13.1. The Morgan fingerprint density at radius 2 is 2.00 bits per heavy atom. The maximum absolute atomic E-state index is 12.7. The first-order valence-electron chi connectivity index (χ1n) is 7.79. The summed E-state index contributed by atoms with van der Waals surface area (Å²) in [7, 11) is 0. The Bertz CT molecular complexity index is 884. The van der Waals surface area contributed by atoms with Crippen LogP contribution in [-0.4, -0.2) is 15.5 Å². The number of carbonyl (C=O) groups excluding carboxylic acids is 1. The van der Waals surface area contributed by atoms with Gasteiger partial charge in [-0.2, -0.15) is 0 Å². The minimum absolute atomic E-state index is 0.202. The van der Waals surface area contributed by atoms with E-state index in [1.54, 1.807) is 0 Å². The van der Waals surface area contributed by atoms with Crippen molar-refractivity contribution in [1.29, 1.82) is 0 Å². The first kappa shape index (κ1) is 18.0. The lowest BCUT2D eigenvalue weighted by atomic mass is 10.1. The number of carbonyl (C=O) groups is 1. The molecule has 1 N–H and O–H groups in total. The van der Waals surface area contributed by atoms with E-state index in [-0.39, 0.29) is 5.91 Å². The molecule has 1 aromatic carbocycles. The summed E-state index contributed by atoms with van der Waals surface area (Å²) in [6.45, 7) is 4.79. The third-order valence-corrected chi connectivity index (χ3v) is 5.06. The monoisotopic (exact) mass is 393 g/mol. The van der Waals surface area contributed by atoms with Crippen LogP contribution < -0.4 is 5.32 Å². The molecule has 0 aliphatic carbocycles. The smallest absolute Gasteiger partial charge is 0.274 e. The van der Waals surface area contributed by atoms with Crippen LogP contribution in [0.25, 0.3) is 0 Å². The average Bonchev–Trinajstić information content (AvgIpc) is 3.16. The number of nitrogens with zero attached hydrogens (tertiary/aromatic N) is 2. The maximum Gasteiger partial charge on any atom is 0.274 e. The number of thiazole rings is 1. The van der Waals surface area contributed by atoms with Gasteiger partial charge in [0.25, 0.3) is 5.91 Å². The van der Waals surface area contributed by atoms with Gasteiger partial charge in [0.2, 0.25) is 0 Å². The second-order valence-electron chi connectivity index (χ2n) is 5.99. The molecule has 0 spiro atoms. The van der Waals surface area contributed by atoms with E-state index in [1.807, 2.05) is 41.1 Å². The molecule has 4 nitrogen and oxygen atoms in total. The Morgan fingerprint density at radius 1 is 1.28 bits per heavy atom. The molecule has 0 saturated carbocycles. The van der Waals surface area contributed by atoms with Crippen LogP contribution in [0.2, 0.25) is 9.36 Å². The van der Waals surface area contributed by atoms with Crippen LogP contribution in [-0.2, 0) is 6.54 Å². The molecule has 0 radical (unpaired) electrons. The first-order chi connectivity index (χ1) is 11.9. The summed E-state index contributed by atoms with van der Waals surface area (Å²) in [4.78, 5) is 16.8. The van der Waals surface area contributed by atoms with Gasteiger partial charge in [0.05, 0.1) is 6.20 Å². The second-order valence-corrected chi connectivity index (χ2v) is 8.09. The Kier molecular flexibility index (Phi) is 5.47. The number of hydrogen-bond acceptors (Lipinski definition) is 3. The maximum atomic E-state index is 12.7. The molecule has 0 saturated heterocycles. The van der Waals surface area contributed by atoms with Crippen molar-refractivity contribution in [2.24, 2.45) is 0 Å². The summed E-state index contributed by atoms with van der Waals surface area (Å²) in [6.07, 6.45) is 3.54. The molecule has 3 aromatic rings. The molecule has 0 atom stereocenters. The van der Waals surface area contributed by atoms with Crippen LogP contribution >= 0.6 is 34.5 Å². The molecule has 25 heavy (non-hydrogen) atoms. The second kappa shape index (κ2) is 7.60. The van der Waals surface area contributed by atoms with Crippen LogP contribution in [0, 0.1) is 0 Å². The molecule has 0 fully saturated rings. The van der Waals surface area contributed by atoms with Gasteiger partial charge in [-0.05, 0) is 35.2 Å². The molecule has 130 valence electrons. The molecule has 2 heterocycles. The van der Waals surface area contributed by atoms with E-state index in [0.29, 0.717) is 32.6 Å². The van der Waals surface area contributed by atoms with Gasteiger partial charge in [0.1, 0.15) is 10.0 Å². The van der Waals surface area contributed by atoms with Crippen molar-refractivity contribution in [2.45, 2.75) is 26.3 Å². The zero-order valence-corrected chi connectivity index (χ0v) is 16.1. The summed E-state index contributed by atoms with van der Waals surface area (Å²) < 4.78 is 2.48. The molecule has 0 bridgehead atoms. The molecule has 0 unspecified atom stereocenters. The van der Waals surface area contributed by atoms with Crippen molar-refractivity contribution in [3.8, 4) is 0 Å². The van der Waals surface area contributed by atoms with Crippen LogP contribution in [0.3, 0.4) is 0 Å². The number of amides is 1. The fourth-order valence-electron chi connectivity index (χ4n) is 2.43. The van der Waals surface area contributed by atoms with E-state index >= 15 is 0 Å². The third kappa shape index (κ3) is 4.42.